The highest BCUT2D eigenvalue weighted by Crippen LogP contribution is 2.35. The molecule has 0 aliphatic carbocycles. The summed E-state index contributed by atoms with van der Waals surface area (Å²) in [7, 11) is 0. The lowest BCUT2D eigenvalue weighted by atomic mass is 10.0. The Morgan fingerprint density at radius 2 is 1.77 bits per heavy atom. The van der Waals surface area contributed by atoms with Crippen molar-refractivity contribution in [2.24, 2.45) is 0 Å². The molecular formula is C26H29N6O3+. The van der Waals surface area contributed by atoms with Gasteiger partial charge >= 0.3 is 0 Å². The van der Waals surface area contributed by atoms with E-state index < -0.39 is 0 Å². The van der Waals surface area contributed by atoms with Crippen LogP contribution in [0.15, 0.2) is 54.6 Å². The van der Waals surface area contributed by atoms with Crippen LogP contribution in [0.1, 0.15) is 34.4 Å². The number of quaternary nitrogens is 1. The van der Waals surface area contributed by atoms with Crippen molar-refractivity contribution in [3.8, 4) is 17.2 Å². The van der Waals surface area contributed by atoms with E-state index in [4.69, 9.17) is 14.2 Å². The van der Waals surface area contributed by atoms with E-state index in [0.29, 0.717) is 6.54 Å². The second-order valence-corrected chi connectivity index (χ2v) is 9.08. The molecule has 0 amide bonds. The summed E-state index contributed by atoms with van der Waals surface area (Å²) in [4.78, 5) is 1.41. The van der Waals surface area contributed by atoms with Crippen molar-refractivity contribution in [3.05, 3.63) is 82.9 Å². The van der Waals surface area contributed by atoms with Crippen LogP contribution in [0.3, 0.4) is 0 Å². The van der Waals surface area contributed by atoms with Crippen LogP contribution in [-0.2, 0) is 11.3 Å². The third-order valence-corrected chi connectivity index (χ3v) is 6.93. The minimum absolute atomic E-state index is 0.00780. The van der Waals surface area contributed by atoms with Crippen LogP contribution in [-0.4, -0.2) is 57.9 Å². The van der Waals surface area contributed by atoms with Crippen LogP contribution >= 0.6 is 0 Å². The van der Waals surface area contributed by atoms with Gasteiger partial charge in [0.1, 0.15) is 13.1 Å². The average molecular weight is 474 g/mol. The molecule has 0 bridgehead atoms. The van der Waals surface area contributed by atoms with Gasteiger partial charge in [-0.15, -0.1) is 5.10 Å². The molecule has 4 heterocycles. The number of hydrogen-bond acceptors (Lipinski definition) is 6. The monoisotopic (exact) mass is 473 g/mol. The van der Waals surface area contributed by atoms with Gasteiger partial charge in [-0.05, 0) is 48.0 Å². The summed E-state index contributed by atoms with van der Waals surface area (Å²) in [5, 5.41) is 13.0. The van der Waals surface area contributed by atoms with Crippen molar-refractivity contribution < 1.29 is 19.1 Å². The smallest absolute Gasteiger partial charge is 0.231 e. The fourth-order valence-corrected chi connectivity index (χ4v) is 5.25. The first kappa shape index (κ1) is 21.8. The third kappa shape index (κ3) is 4.06. The average Bonchev–Trinajstić information content (AvgIpc) is 3.60. The van der Waals surface area contributed by atoms with E-state index >= 15 is 0 Å². The fraction of sp³-hybridized carbons (Fsp3) is 0.346. The molecule has 0 saturated carbocycles. The molecule has 2 aromatic heterocycles. The summed E-state index contributed by atoms with van der Waals surface area (Å²) in [5.41, 5.74) is 5.76. The molecule has 1 atom stereocenters. The highest BCUT2D eigenvalue weighted by molar-refractivity contribution is 5.52. The van der Waals surface area contributed by atoms with Crippen LogP contribution in [0.4, 0.5) is 0 Å². The first-order chi connectivity index (χ1) is 17.2. The minimum atomic E-state index is -0.00780. The molecule has 0 unspecified atom stereocenters. The number of nitrogens with one attached hydrogen (secondary N) is 1. The molecule has 6 rings (SSSR count). The highest BCUT2D eigenvalue weighted by Gasteiger charge is 2.35. The lowest BCUT2D eigenvalue weighted by Crippen LogP contribution is -3.14. The number of hydrogen-bond donors (Lipinski definition) is 1. The molecular weight excluding hydrogens is 444 g/mol. The van der Waals surface area contributed by atoms with Crippen molar-refractivity contribution in [3.63, 3.8) is 0 Å². The molecule has 1 saturated heterocycles. The third-order valence-electron chi connectivity index (χ3n) is 6.93. The van der Waals surface area contributed by atoms with Crippen molar-refractivity contribution in [1.29, 1.82) is 0 Å². The summed E-state index contributed by atoms with van der Waals surface area (Å²) >= 11 is 0. The Morgan fingerprint density at radius 1 is 0.971 bits per heavy atom. The molecule has 9 nitrogen and oxygen atoms in total. The summed E-state index contributed by atoms with van der Waals surface area (Å²) in [6.45, 7) is 8.46. The zero-order chi connectivity index (χ0) is 23.8. The topological polar surface area (TPSA) is 80.7 Å². The molecule has 0 radical (unpaired) electrons. The lowest BCUT2D eigenvalue weighted by molar-refractivity contribution is -0.933. The van der Waals surface area contributed by atoms with Crippen LogP contribution < -0.4 is 14.4 Å². The quantitative estimate of drug-likeness (QED) is 0.461. The molecule has 2 aliphatic heterocycles. The van der Waals surface area contributed by atoms with E-state index in [1.165, 1.54) is 21.7 Å². The second-order valence-electron chi connectivity index (χ2n) is 9.08. The Labute approximate surface area is 203 Å². The number of tetrazole rings is 1. The number of ether oxygens (including phenoxy) is 3. The van der Waals surface area contributed by atoms with Crippen LogP contribution in [0, 0.1) is 13.8 Å². The Balaban J connectivity index is 1.43. The second kappa shape index (κ2) is 9.16. The largest absolute Gasteiger partial charge is 0.454 e. The lowest BCUT2D eigenvalue weighted by Gasteiger charge is -2.31. The zero-order valence-corrected chi connectivity index (χ0v) is 20.0. The number of fused-ring (bicyclic) bond motifs is 1. The molecule has 4 aromatic rings. The van der Waals surface area contributed by atoms with Crippen molar-refractivity contribution in [2.45, 2.75) is 26.4 Å². The number of benzene rings is 2. The summed E-state index contributed by atoms with van der Waals surface area (Å²) in [6, 6.07) is 18.7. The van der Waals surface area contributed by atoms with E-state index in [1.54, 1.807) is 0 Å². The van der Waals surface area contributed by atoms with E-state index in [9.17, 15) is 0 Å². The van der Waals surface area contributed by atoms with E-state index in [2.05, 4.69) is 58.2 Å². The van der Waals surface area contributed by atoms with Gasteiger partial charge in [0.05, 0.1) is 19.8 Å². The predicted molar refractivity (Wildman–Crippen MR) is 128 cm³/mol. The Morgan fingerprint density at radius 3 is 2.60 bits per heavy atom. The molecule has 35 heavy (non-hydrogen) atoms. The predicted octanol–water partition coefficient (Wildman–Crippen LogP) is 1.86. The Kier molecular flexibility index (Phi) is 5.71. The first-order valence-corrected chi connectivity index (χ1v) is 12.0. The van der Waals surface area contributed by atoms with Gasteiger partial charge in [-0.2, -0.15) is 0 Å². The summed E-state index contributed by atoms with van der Waals surface area (Å²) in [5.74, 6) is 2.43. The van der Waals surface area contributed by atoms with Gasteiger partial charge in [0.2, 0.25) is 12.6 Å². The van der Waals surface area contributed by atoms with Crippen molar-refractivity contribution >= 4 is 0 Å². The normalized spacial score (nSPS) is 16.5. The van der Waals surface area contributed by atoms with Crippen LogP contribution in [0.2, 0.25) is 0 Å². The molecule has 1 fully saturated rings. The van der Waals surface area contributed by atoms with Gasteiger partial charge in [0, 0.05) is 28.7 Å². The van der Waals surface area contributed by atoms with Gasteiger partial charge < -0.3 is 23.7 Å². The molecule has 1 N–H and O–H groups in total. The first-order valence-electron chi connectivity index (χ1n) is 12.0. The molecule has 2 aliphatic rings. The van der Waals surface area contributed by atoms with Crippen molar-refractivity contribution in [1.82, 2.24) is 24.8 Å². The van der Waals surface area contributed by atoms with E-state index in [0.717, 1.165) is 55.0 Å². The molecule has 0 spiro atoms. The molecule has 9 heteroatoms. The van der Waals surface area contributed by atoms with Crippen LogP contribution in [0.25, 0.3) is 5.69 Å². The molecule has 180 valence electrons. The maximum Gasteiger partial charge on any atom is 0.231 e. The van der Waals surface area contributed by atoms with E-state index in [-0.39, 0.29) is 12.8 Å². The van der Waals surface area contributed by atoms with Gasteiger partial charge in [-0.25, -0.2) is 4.68 Å². The zero-order valence-electron chi connectivity index (χ0n) is 20.0. The van der Waals surface area contributed by atoms with Gasteiger partial charge in [-0.3, -0.25) is 0 Å². The number of morpholine rings is 1. The fourth-order valence-electron chi connectivity index (χ4n) is 5.25. The SMILES string of the molecule is Cc1cc([C@@H](c2nnnn2Cc2ccccc2)[NH+]2CCOCC2)c(C)n1-c1ccc2c(c1)OCO2. The van der Waals surface area contributed by atoms with Gasteiger partial charge in [0.25, 0.3) is 0 Å². The molecule has 2 aromatic carbocycles. The Hall–Kier alpha value is -3.69. The minimum Gasteiger partial charge on any atom is -0.454 e. The maximum absolute atomic E-state index is 5.69. The Bertz CT molecular complexity index is 1330. The number of rotatable bonds is 6. The standard InChI is InChI=1S/C26H28N6O3/c1-18-14-22(19(2)32(18)21-8-9-23-24(15-21)35-17-34-23)25(30-10-12-33-13-11-30)26-27-28-29-31(26)16-20-6-4-3-5-7-20/h3-9,14-15,25H,10-13,16-17H2,1-2H3/p+1/t25-/m0/s1. The number of aromatic nitrogens is 5. The maximum atomic E-state index is 5.69. The van der Waals surface area contributed by atoms with Crippen molar-refractivity contribution in [2.75, 3.05) is 33.1 Å². The van der Waals surface area contributed by atoms with Gasteiger partial charge in [-0.1, -0.05) is 30.3 Å². The van der Waals surface area contributed by atoms with E-state index in [1.807, 2.05) is 35.0 Å². The summed E-state index contributed by atoms with van der Waals surface area (Å²) < 4.78 is 21.1. The van der Waals surface area contributed by atoms with Gasteiger partial charge in [0.15, 0.2) is 17.5 Å². The number of nitrogens with zero attached hydrogens (tertiary/aromatic N) is 5. The number of aryl methyl sites for hydroxylation is 1. The highest BCUT2D eigenvalue weighted by atomic mass is 16.7. The van der Waals surface area contributed by atoms with Crippen LogP contribution in [0.5, 0.6) is 11.5 Å². The summed E-state index contributed by atoms with van der Waals surface area (Å²) in [6.07, 6.45) is 0.